The summed E-state index contributed by atoms with van der Waals surface area (Å²) < 4.78 is 3.13. The van der Waals surface area contributed by atoms with Gasteiger partial charge in [-0.3, -0.25) is 4.79 Å². The van der Waals surface area contributed by atoms with E-state index in [9.17, 15) is 15.5 Å². The fourth-order valence-electron chi connectivity index (χ4n) is 4.90. The van der Waals surface area contributed by atoms with Crippen molar-refractivity contribution in [1.29, 1.82) is 5.26 Å². The van der Waals surface area contributed by atoms with Crippen LogP contribution in [0.5, 0.6) is 0 Å². The van der Waals surface area contributed by atoms with Crippen molar-refractivity contribution in [3.8, 4) is 6.07 Å². The number of Topliss-reactive ketones (excluding diaryl/α,β-unsaturated/α-hetero) is 1. The zero-order valence-corrected chi connectivity index (χ0v) is 20.2. The summed E-state index contributed by atoms with van der Waals surface area (Å²) >= 11 is 1.57. The van der Waals surface area contributed by atoms with Crippen LogP contribution in [0.3, 0.4) is 0 Å². The Morgan fingerprint density at radius 3 is 2.53 bits per heavy atom. The summed E-state index contributed by atoms with van der Waals surface area (Å²) in [5.41, 5.74) is 5.17. The monoisotopic (exact) mass is 462 g/mol. The van der Waals surface area contributed by atoms with Crippen molar-refractivity contribution in [1.82, 2.24) is 0 Å². The van der Waals surface area contributed by atoms with Crippen LogP contribution in [0.25, 0.3) is 21.7 Å². The van der Waals surface area contributed by atoms with Gasteiger partial charge in [0.25, 0.3) is 5.01 Å². The third-order valence-corrected chi connectivity index (χ3v) is 7.93. The molecular weight excluding hydrogens is 440 g/mol. The molecule has 1 aromatic heterocycles. The summed E-state index contributed by atoms with van der Waals surface area (Å²) in [4.78, 5) is 15.5. The second-order valence-corrected chi connectivity index (χ2v) is 10.0. The smallest absolute Gasteiger partial charge is 0.263 e. The number of fused-ring (bicyclic) bond motifs is 2. The van der Waals surface area contributed by atoms with Crippen LogP contribution < -0.4 is 9.47 Å². The number of anilines is 1. The van der Waals surface area contributed by atoms with E-state index in [0.29, 0.717) is 16.7 Å². The Kier molecular flexibility index (Phi) is 4.98. The number of rotatable bonds is 3. The molecule has 2 aliphatic rings. The summed E-state index contributed by atoms with van der Waals surface area (Å²) in [7, 11) is 3.93. The maximum Gasteiger partial charge on any atom is 0.263 e. The van der Waals surface area contributed by atoms with Crippen molar-refractivity contribution in [3.05, 3.63) is 98.6 Å². The molecule has 0 bridgehead atoms. The van der Waals surface area contributed by atoms with Crippen molar-refractivity contribution in [2.24, 2.45) is 7.05 Å². The topological polar surface area (TPSA) is 70.3 Å². The molecule has 0 saturated heterocycles. The molecule has 0 saturated carbocycles. The van der Waals surface area contributed by atoms with Gasteiger partial charge in [0.05, 0.1) is 5.57 Å². The lowest BCUT2D eigenvalue weighted by Gasteiger charge is -2.28. The van der Waals surface area contributed by atoms with Gasteiger partial charge in [0, 0.05) is 52.7 Å². The molecule has 6 heteroatoms. The number of allylic oxidation sites excluding steroid dienone is 6. The van der Waals surface area contributed by atoms with Gasteiger partial charge in [-0.25, -0.2) is 5.87 Å². The molecule has 0 radical (unpaired) electrons. The Balaban J connectivity index is 1.68. The molecule has 5 nitrogen and oxygen atoms in total. The number of likely N-dealkylation sites (N-methyl/N-ethyl adjacent to an activating group) is 1. The summed E-state index contributed by atoms with van der Waals surface area (Å²) in [5.74, 6) is 1.84. The van der Waals surface area contributed by atoms with Gasteiger partial charge in [0.1, 0.15) is 17.8 Å². The molecule has 0 atom stereocenters. The van der Waals surface area contributed by atoms with E-state index < -0.39 is 0 Å². The lowest BCUT2D eigenvalue weighted by Crippen LogP contribution is -2.31. The van der Waals surface area contributed by atoms with E-state index in [-0.39, 0.29) is 16.8 Å². The van der Waals surface area contributed by atoms with E-state index in [1.807, 2.05) is 73.1 Å². The third-order valence-electron chi connectivity index (χ3n) is 6.76. The van der Waals surface area contributed by atoms with Crippen molar-refractivity contribution in [2.45, 2.75) is 19.3 Å². The molecule has 0 N–H and O–H groups in total. The van der Waals surface area contributed by atoms with Crippen LogP contribution >= 0.6 is 11.3 Å². The van der Waals surface area contributed by atoms with E-state index in [0.717, 1.165) is 26.6 Å². The van der Waals surface area contributed by atoms with Crippen LogP contribution in [0.2, 0.25) is 0 Å². The summed E-state index contributed by atoms with van der Waals surface area (Å²) in [5, 5.41) is 20.2. The Bertz CT molecular complexity index is 1590. The number of carbonyl (C=O) groups is 1. The maximum absolute atomic E-state index is 13.4. The number of thiazole rings is 1. The number of nitriles is 1. The number of hydrogen-bond acceptors (Lipinski definition) is 4. The number of hydrogen-bond donors (Lipinski definition) is 0. The SMILES string of the molecule is CN1/C(=C/C2=C(C(=C=[N-])C#N)C(=C/c3sc4ccccc4[n+]3C)/C2=O)C(C)(C)c2ccccc21. The number of para-hydroxylation sites is 2. The lowest BCUT2D eigenvalue weighted by atomic mass is 9.75. The number of carbonyl (C=O) groups excluding carboxylic acids is 1. The second kappa shape index (κ2) is 7.78. The Morgan fingerprint density at radius 2 is 1.85 bits per heavy atom. The first-order valence-corrected chi connectivity index (χ1v) is 11.7. The molecule has 0 fully saturated rings. The van der Waals surface area contributed by atoms with E-state index in [2.05, 4.69) is 30.9 Å². The van der Waals surface area contributed by atoms with Crippen LogP contribution in [0.15, 0.2) is 82.6 Å². The predicted octanol–water partition coefficient (Wildman–Crippen LogP) is 4.99. The van der Waals surface area contributed by atoms with Crippen molar-refractivity contribution in [3.63, 3.8) is 0 Å². The molecule has 1 aliphatic heterocycles. The first-order valence-electron chi connectivity index (χ1n) is 10.9. The van der Waals surface area contributed by atoms with Crippen LogP contribution in [0.1, 0.15) is 24.4 Å². The van der Waals surface area contributed by atoms with Gasteiger partial charge < -0.3 is 10.3 Å². The first-order chi connectivity index (χ1) is 16.3. The third kappa shape index (κ3) is 3.03. The molecule has 34 heavy (non-hydrogen) atoms. The van der Waals surface area contributed by atoms with E-state index in [1.54, 1.807) is 17.4 Å². The minimum Gasteiger partial charge on any atom is -0.762 e. The fraction of sp³-hybridized carbons (Fsp3) is 0.179. The minimum absolute atomic E-state index is 0.0440. The highest BCUT2D eigenvalue weighted by atomic mass is 32.1. The highest BCUT2D eigenvalue weighted by Gasteiger charge is 2.41. The van der Waals surface area contributed by atoms with Crippen LogP contribution in [-0.4, -0.2) is 18.7 Å². The van der Waals surface area contributed by atoms with Crippen molar-refractivity contribution < 1.29 is 9.36 Å². The highest BCUT2D eigenvalue weighted by Crippen LogP contribution is 2.48. The normalized spacial score (nSPS) is 18.8. The summed E-state index contributed by atoms with van der Waals surface area (Å²) in [6.07, 6.45) is 3.66. The first kappa shape index (κ1) is 21.8. The lowest BCUT2D eigenvalue weighted by molar-refractivity contribution is -0.642. The molecule has 2 aromatic carbocycles. The Morgan fingerprint density at radius 1 is 1.15 bits per heavy atom. The molecule has 1 aliphatic carbocycles. The second-order valence-electron chi connectivity index (χ2n) is 8.97. The van der Waals surface area contributed by atoms with E-state index >= 15 is 0 Å². The minimum atomic E-state index is -0.319. The maximum atomic E-state index is 13.4. The quantitative estimate of drug-likeness (QED) is 0.238. The van der Waals surface area contributed by atoms with Gasteiger partial charge in [-0.1, -0.05) is 55.5 Å². The van der Waals surface area contributed by atoms with Gasteiger partial charge in [-0.2, -0.15) is 9.83 Å². The molecule has 0 spiro atoms. The van der Waals surface area contributed by atoms with Gasteiger partial charge in [-0.05, 0) is 23.8 Å². The largest absolute Gasteiger partial charge is 0.762 e. The standard InChI is InChI=1S/C28H22N4OS/c1-28(2)20-9-5-6-10-21(20)31(3)24(28)13-18-26(17(15-29)16-30)19(27(18)33)14-25-32(4)22-11-7-8-12-23(22)34-25/h5-14H,1-4H3. The molecule has 2 heterocycles. The van der Waals surface area contributed by atoms with Crippen LogP contribution in [0, 0.1) is 11.3 Å². The Hall–Kier alpha value is -4.04. The van der Waals surface area contributed by atoms with E-state index in [4.69, 9.17) is 0 Å². The average Bonchev–Trinajstić information content (AvgIpc) is 3.26. The van der Waals surface area contributed by atoms with Crippen LogP contribution in [-0.2, 0) is 17.3 Å². The molecule has 0 amide bonds. The fourth-order valence-corrected chi connectivity index (χ4v) is 6.00. The molecule has 3 aromatic rings. The molecular formula is C28H22N4OS. The summed E-state index contributed by atoms with van der Waals surface area (Å²) in [6.45, 7) is 4.25. The summed E-state index contributed by atoms with van der Waals surface area (Å²) in [6, 6.07) is 18.2. The molecule has 166 valence electrons. The van der Waals surface area contributed by atoms with E-state index in [1.165, 1.54) is 5.56 Å². The highest BCUT2D eigenvalue weighted by molar-refractivity contribution is 7.18. The van der Waals surface area contributed by atoms with Crippen molar-refractivity contribution >= 4 is 45.0 Å². The van der Waals surface area contributed by atoms with Crippen molar-refractivity contribution in [2.75, 3.05) is 11.9 Å². The molecule has 5 rings (SSSR count). The zero-order valence-electron chi connectivity index (χ0n) is 19.4. The predicted molar refractivity (Wildman–Crippen MR) is 136 cm³/mol. The van der Waals surface area contributed by atoms with Gasteiger partial charge in [-0.15, -0.1) is 0 Å². The Labute approximate surface area is 202 Å². The number of nitrogens with zero attached hydrogens (tertiary/aromatic N) is 4. The number of ketones is 1. The number of aromatic nitrogens is 1. The zero-order chi connectivity index (χ0) is 24.2. The van der Waals surface area contributed by atoms with Crippen LogP contribution in [0.4, 0.5) is 5.69 Å². The molecule has 0 unspecified atom stereocenters. The van der Waals surface area contributed by atoms with Gasteiger partial charge in [0.15, 0.2) is 5.78 Å². The van der Waals surface area contributed by atoms with Gasteiger partial charge in [0.2, 0.25) is 5.52 Å². The number of aryl methyl sites for hydroxylation is 1. The van der Waals surface area contributed by atoms with Gasteiger partial charge >= 0.3 is 0 Å². The average molecular weight is 463 g/mol. The number of benzene rings is 2.